The average Bonchev–Trinajstić information content (AvgIpc) is 3.56. The third kappa shape index (κ3) is 4.38. The molecule has 5 rings (SSSR count). The van der Waals surface area contributed by atoms with E-state index in [9.17, 15) is 14.7 Å². The Morgan fingerprint density at radius 2 is 1.79 bits per heavy atom. The molecule has 2 N–H and O–H groups in total. The molecule has 2 aliphatic carbocycles. The predicted octanol–water partition coefficient (Wildman–Crippen LogP) is 4.91. The van der Waals surface area contributed by atoms with Gasteiger partial charge in [-0.3, -0.25) is 4.79 Å². The van der Waals surface area contributed by atoms with Crippen LogP contribution in [0.25, 0.3) is 0 Å². The number of ether oxygens (including phenoxy) is 2. The second kappa shape index (κ2) is 9.06. The molecule has 0 radical (unpaired) electrons. The highest BCUT2D eigenvalue weighted by molar-refractivity contribution is 7.17. The Morgan fingerprint density at radius 3 is 2.42 bits per heavy atom. The molecule has 33 heavy (non-hydrogen) atoms. The molecular weight excluding hydrogens is 440 g/mol. The fourth-order valence-corrected chi connectivity index (χ4v) is 6.08. The van der Waals surface area contributed by atoms with Crippen LogP contribution in [-0.2, 0) is 19.1 Å². The Bertz CT molecular complexity index is 1090. The highest BCUT2D eigenvalue weighted by Gasteiger charge is 2.34. The number of carboxylic acids is 1. The van der Waals surface area contributed by atoms with Crippen LogP contribution in [0.2, 0.25) is 0 Å². The predicted molar refractivity (Wildman–Crippen MR) is 127 cm³/mol. The number of carbonyl (C=O) groups excluding carboxylic acids is 1. The molecule has 1 aromatic heterocycles. The van der Waals surface area contributed by atoms with E-state index in [2.05, 4.69) is 19.2 Å². The van der Waals surface area contributed by atoms with Crippen molar-refractivity contribution in [1.82, 2.24) is 0 Å². The van der Waals surface area contributed by atoms with E-state index in [4.69, 9.17) is 14.5 Å². The molecule has 4 aliphatic rings. The number of carboxylic acid groups (broad SMARTS) is 1. The Labute approximate surface area is 197 Å². The van der Waals surface area contributed by atoms with Crippen molar-refractivity contribution in [3.63, 3.8) is 0 Å². The lowest BCUT2D eigenvalue weighted by Gasteiger charge is -2.25. The molecule has 176 valence electrons. The number of amides is 1. The van der Waals surface area contributed by atoms with Gasteiger partial charge in [-0.1, -0.05) is 0 Å². The minimum atomic E-state index is -0.999. The van der Waals surface area contributed by atoms with Crippen molar-refractivity contribution >= 4 is 34.1 Å². The Morgan fingerprint density at radius 1 is 1.06 bits per heavy atom. The summed E-state index contributed by atoms with van der Waals surface area (Å²) in [5.74, 6) is 0.0498. The first-order valence-electron chi connectivity index (χ1n) is 11.8. The molecule has 0 unspecified atom stereocenters. The molecule has 2 fully saturated rings. The average molecular weight is 471 g/mol. The summed E-state index contributed by atoms with van der Waals surface area (Å²) in [6.45, 7) is 6.08. The molecule has 1 saturated heterocycles. The lowest BCUT2D eigenvalue weighted by Crippen LogP contribution is -2.25. The van der Waals surface area contributed by atoms with E-state index in [1.54, 1.807) is 0 Å². The number of aliphatic carboxylic acids is 1. The van der Waals surface area contributed by atoms with Crippen molar-refractivity contribution in [3.8, 4) is 0 Å². The van der Waals surface area contributed by atoms with E-state index in [1.807, 2.05) is 0 Å². The molecule has 8 heteroatoms. The second-order valence-electron chi connectivity index (χ2n) is 9.41. The van der Waals surface area contributed by atoms with Gasteiger partial charge in [0.05, 0.1) is 25.4 Å². The molecular formula is C25H30N2O5S. The molecule has 0 bridgehead atoms. The van der Waals surface area contributed by atoms with Gasteiger partial charge in [-0.15, -0.1) is 11.3 Å². The first kappa shape index (κ1) is 22.3. The largest absolute Gasteiger partial charge is 0.478 e. The molecule has 2 aliphatic heterocycles. The Hall–Kier alpha value is -2.45. The van der Waals surface area contributed by atoms with Gasteiger partial charge in [0.1, 0.15) is 5.00 Å². The molecule has 0 spiro atoms. The first-order chi connectivity index (χ1) is 15.9. The number of nitrogens with zero attached hydrogens (tertiary/aromatic N) is 1. The van der Waals surface area contributed by atoms with Crippen LogP contribution in [0.15, 0.2) is 27.4 Å². The standard InChI is InChI=1S/C25H30N2O5S/c1-13-9-10-32-23(26-20(13)15-7-8-15)19-14(2)21(16-11-31-12-16)33-24(19)27-22(28)17-5-3-4-6-18(17)25(29)30/h15-16H,3-12H2,1-2H3,(H,27,28)(H,29,30). The summed E-state index contributed by atoms with van der Waals surface area (Å²) in [4.78, 5) is 31.1. The Balaban J connectivity index is 1.54. The van der Waals surface area contributed by atoms with Crippen molar-refractivity contribution < 1.29 is 24.2 Å². The lowest BCUT2D eigenvalue weighted by atomic mass is 9.91. The van der Waals surface area contributed by atoms with Crippen LogP contribution in [-0.4, -0.2) is 42.7 Å². The van der Waals surface area contributed by atoms with E-state index in [0.29, 0.717) is 61.0 Å². The van der Waals surface area contributed by atoms with Gasteiger partial charge in [0.25, 0.3) is 5.91 Å². The number of thiophene rings is 1. The monoisotopic (exact) mass is 470 g/mol. The van der Waals surface area contributed by atoms with Gasteiger partial charge < -0.3 is 19.9 Å². The third-order valence-corrected chi connectivity index (χ3v) is 8.34. The number of nitrogens with one attached hydrogen (secondary N) is 1. The van der Waals surface area contributed by atoms with Gasteiger partial charge in [0.2, 0.25) is 5.90 Å². The maximum Gasteiger partial charge on any atom is 0.332 e. The van der Waals surface area contributed by atoms with Gasteiger partial charge in [0, 0.05) is 40.0 Å². The van der Waals surface area contributed by atoms with E-state index < -0.39 is 5.97 Å². The quantitative estimate of drug-likeness (QED) is 0.615. The summed E-state index contributed by atoms with van der Waals surface area (Å²) >= 11 is 1.54. The van der Waals surface area contributed by atoms with Gasteiger partial charge in [0.15, 0.2) is 0 Å². The number of allylic oxidation sites excluding steroid dienone is 1. The van der Waals surface area contributed by atoms with E-state index in [-0.39, 0.29) is 11.5 Å². The summed E-state index contributed by atoms with van der Waals surface area (Å²) in [6.07, 6.45) is 5.71. The van der Waals surface area contributed by atoms with Gasteiger partial charge in [-0.25, -0.2) is 9.79 Å². The van der Waals surface area contributed by atoms with Crippen molar-refractivity contribution in [2.45, 2.75) is 64.7 Å². The van der Waals surface area contributed by atoms with Crippen molar-refractivity contribution in [2.75, 3.05) is 25.1 Å². The van der Waals surface area contributed by atoms with Crippen molar-refractivity contribution in [2.24, 2.45) is 10.9 Å². The van der Waals surface area contributed by atoms with Gasteiger partial charge >= 0.3 is 5.97 Å². The van der Waals surface area contributed by atoms with Crippen LogP contribution < -0.4 is 5.32 Å². The molecule has 0 aromatic carbocycles. The summed E-state index contributed by atoms with van der Waals surface area (Å²) in [7, 11) is 0. The van der Waals surface area contributed by atoms with E-state index >= 15 is 0 Å². The summed E-state index contributed by atoms with van der Waals surface area (Å²) in [5.41, 5.74) is 4.92. The number of aliphatic imine (C=N–C) groups is 1. The smallest absolute Gasteiger partial charge is 0.332 e. The summed E-state index contributed by atoms with van der Waals surface area (Å²) in [5, 5.41) is 13.3. The number of carbonyl (C=O) groups is 2. The summed E-state index contributed by atoms with van der Waals surface area (Å²) < 4.78 is 11.6. The van der Waals surface area contributed by atoms with Crippen molar-refractivity contribution in [1.29, 1.82) is 0 Å². The van der Waals surface area contributed by atoms with Crippen LogP contribution >= 0.6 is 11.3 Å². The normalized spacial score (nSPS) is 21.8. The van der Waals surface area contributed by atoms with E-state index in [1.165, 1.54) is 21.8 Å². The third-order valence-electron chi connectivity index (χ3n) is 6.97. The topological polar surface area (TPSA) is 97.2 Å². The zero-order chi connectivity index (χ0) is 23.1. The number of hydrogen-bond donors (Lipinski definition) is 2. The zero-order valence-electron chi connectivity index (χ0n) is 19.2. The fraction of sp³-hybridized carbons (Fsp3) is 0.560. The van der Waals surface area contributed by atoms with Crippen LogP contribution in [0, 0.1) is 12.8 Å². The highest BCUT2D eigenvalue weighted by Crippen LogP contribution is 2.44. The Kier molecular flexibility index (Phi) is 6.14. The molecule has 0 atom stereocenters. The van der Waals surface area contributed by atoms with Crippen LogP contribution in [0.1, 0.15) is 73.8 Å². The fourth-order valence-electron chi connectivity index (χ4n) is 4.81. The minimum Gasteiger partial charge on any atom is -0.478 e. The van der Waals surface area contributed by atoms with Crippen LogP contribution in [0.5, 0.6) is 0 Å². The van der Waals surface area contributed by atoms with Crippen LogP contribution in [0.4, 0.5) is 5.00 Å². The number of anilines is 1. The van der Waals surface area contributed by atoms with Crippen LogP contribution in [0.3, 0.4) is 0 Å². The van der Waals surface area contributed by atoms with Gasteiger partial charge in [-0.2, -0.15) is 0 Å². The highest BCUT2D eigenvalue weighted by atomic mass is 32.1. The van der Waals surface area contributed by atoms with E-state index in [0.717, 1.165) is 48.9 Å². The lowest BCUT2D eigenvalue weighted by molar-refractivity contribution is -0.133. The maximum atomic E-state index is 13.3. The maximum absolute atomic E-state index is 13.3. The SMILES string of the molecule is CC1=C(C2CC2)N=C(c2c(NC(=O)C3=C(C(=O)O)CCCC3)sc(C3COC3)c2C)OCC1. The second-order valence-corrected chi connectivity index (χ2v) is 10.5. The van der Waals surface area contributed by atoms with Crippen molar-refractivity contribution in [3.05, 3.63) is 38.4 Å². The first-order valence-corrected chi connectivity index (χ1v) is 12.6. The molecule has 1 aromatic rings. The number of rotatable bonds is 6. The van der Waals surface area contributed by atoms with Gasteiger partial charge in [-0.05, 0) is 63.5 Å². The molecule has 1 saturated carbocycles. The number of hydrogen-bond acceptors (Lipinski definition) is 6. The minimum absolute atomic E-state index is 0.235. The summed E-state index contributed by atoms with van der Waals surface area (Å²) in [6, 6.07) is 0. The molecule has 1 amide bonds. The molecule has 7 nitrogen and oxygen atoms in total. The zero-order valence-corrected chi connectivity index (χ0v) is 20.0. The molecule has 3 heterocycles.